The van der Waals surface area contributed by atoms with Gasteiger partial charge in [-0.3, -0.25) is 0 Å². The molecule has 7 heteroatoms. The van der Waals surface area contributed by atoms with Crippen LogP contribution in [0.3, 0.4) is 0 Å². The van der Waals surface area contributed by atoms with Gasteiger partial charge in [0.15, 0.2) is 0 Å². The van der Waals surface area contributed by atoms with Crippen molar-refractivity contribution in [2.24, 2.45) is 0 Å². The molecule has 1 fully saturated rings. The molecule has 6 nitrogen and oxygen atoms in total. The molecule has 2 heterocycles. The van der Waals surface area contributed by atoms with Gasteiger partial charge < -0.3 is 20.4 Å². The van der Waals surface area contributed by atoms with Gasteiger partial charge in [-0.1, -0.05) is 0 Å². The summed E-state index contributed by atoms with van der Waals surface area (Å²) in [6.45, 7) is 1.94. The minimum Gasteiger partial charge on any atom is -0.480 e. The average Bonchev–Trinajstić information content (AvgIpc) is 2.97. The number of nitrogens with one attached hydrogen (secondary N) is 1. The van der Waals surface area contributed by atoms with E-state index in [-0.39, 0.29) is 19.0 Å². The van der Waals surface area contributed by atoms with Crippen LogP contribution in [0.2, 0.25) is 0 Å². The Morgan fingerprint density at radius 1 is 1.60 bits per heavy atom. The van der Waals surface area contributed by atoms with Crippen molar-refractivity contribution >= 4 is 23.3 Å². The van der Waals surface area contributed by atoms with E-state index in [0.717, 1.165) is 5.56 Å². The number of carboxylic acid groups (broad SMARTS) is 1. The Labute approximate surface area is 121 Å². The van der Waals surface area contributed by atoms with E-state index in [1.165, 1.54) is 4.90 Å². The summed E-state index contributed by atoms with van der Waals surface area (Å²) in [6, 6.07) is 0.520. The molecule has 0 aliphatic carbocycles. The van der Waals surface area contributed by atoms with Crippen molar-refractivity contribution in [2.75, 3.05) is 6.54 Å². The van der Waals surface area contributed by atoms with Crippen LogP contribution in [0.5, 0.6) is 0 Å². The summed E-state index contributed by atoms with van der Waals surface area (Å²) >= 11 is 1.60. The number of aliphatic hydroxyl groups excluding tert-OH is 1. The molecular weight excluding hydrogens is 280 g/mol. The smallest absolute Gasteiger partial charge is 0.326 e. The maximum atomic E-state index is 12.1. The summed E-state index contributed by atoms with van der Waals surface area (Å²) in [5, 5.41) is 25.4. The third-order valence-electron chi connectivity index (χ3n) is 3.32. The number of nitrogens with zero attached hydrogens (tertiary/aromatic N) is 1. The van der Waals surface area contributed by atoms with Crippen molar-refractivity contribution in [3.05, 3.63) is 22.4 Å². The fourth-order valence-electron chi connectivity index (χ4n) is 2.38. The fourth-order valence-corrected chi connectivity index (χ4v) is 3.06. The van der Waals surface area contributed by atoms with Gasteiger partial charge in [-0.15, -0.1) is 0 Å². The molecular formula is C13H18N2O4S. The molecule has 110 valence electrons. The van der Waals surface area contributed by atoms with E-state index in [0.29, 0.717) is 6.42 Å². The zero-order valence-electron chi connectivity index (χ0n) is 11.2. The summed E-state index contributed by atoms with van der Waals surface area (Å²) in [5.74, 6) is -1.08. The normalized spacial score (nSPS) is 23.6. The summed E-state index contributed by atoms with van der Waals surface area (Å²) in [4.78, 5) is 24.4. The van der Waals surface area contributed by atoms with Gasteiger partial charge >= 0.3 is 12.0 Å². The maximum Gasteiger partial charge on any atom is 0.326 e. The topological polar surface area (TPSA) is 89.9 Å². The molecule has 2 rings (SSSR count). The Balaban J connectivity index is 1.92. The summed E-state index contributed by atoms with van der Waals surface area (Å²) in [6.07, 6.45) is 0.0134. The third-order valence-corrected chi connectivity index (χ3v) is 4.05. The number of amides is 2. The van der Waals surface area contributed by atoms with Crippen molar-refractivity contribution in [1.82, 2.24) is 10.2 Å². The molecule has 3 N–H and O–H groups in total. The number of carboxylic acids is 1. The Bertz CT molecular complexity index is 477. The zero-order valence-corrected chi connectivity index (χ0v) is 12.0. The highest BCUT2D eigenvalue weighted by atomic mass is 32.1. The molecule has 1 aromatic heterocycles. The van der Waals surface area contributed by atoms with Crippen molar-refractivity contribution < 1.29 is 19.8 Å². The zero-order chi connectivity index (χ0) is 14.7. The number of hydrogen-bond donors (Lipinski definition) is 3. The molecule has 1 unspecified atom stereocenters. The van der Waals surface area contributed by atoms with Crippen LogP contribution in [0.1, 0.15) is 18.9 Å². The molecule has 2 amide bonds. The number of carbonyl (C=O) groups is 2. The minimum atomic E-state index is -1.08. The van der Waals surface area contributed by atoms with Crippen LogP contribution < -0.4 is 5.32 Å². The second-order valence-corrected chi connectivity index (χ2v) is 5.86. The number of aliphatic carboxylic acids is 1. The van der Waals surface area contributed by atoms with Gasteiger partial charge in [0.05, 0.1) is 6.10 Å². The predicted octanol–water partition coefficient (Wildman–Crippen LogP) is 0.908. The Morgan fingerprint density at radius 2 is 2.35 bits per heavy atom. The number of thiophene rings is 1. The molecule has 1 aromatic rings. The maximum absolute atomic E-state index is 12.1. The molecule has 0 aromatic carbocycles. The summed E-state index contributed by atoms with van der Waals surface area (Å²) < 4.78 is 0. The number of aliphatic hydroxyl groups is 1. The summed E-state index contributed by atoms with van der Waals surface area (Å²) in [5.41, 5.74) is 1.14. The van der Waals surface area contributed by atoms with Crippen molar-refractivity contribution in [2.45, 2.75) is 38.0 Å². The van der Waals surface area contributed by atoms with Crippen LogP contribution in [0.25, 0.3) is 0 Å². The number of urea groups is 1. The van der Waals surface area contributed by atoms with Crippen LogP contribution in [0.4, 0.5) is 4.79 Å². The number of hydrogen-bond acceptors (Lipinski definition) is 4. The first-order valence-corrected chi connectivity index (χ1v) is 7.40. The predicted molar refractivity (Wildman–Crippen MR) is 74.8 cm³/mol. The van der Waals surface area contributed by atoms with Gasteiger partial charge in [0, 0.05) is 19.0 Å². The fraction of sp³-hybridized carbons (Fsp3) is 0.538. The van der Waals surface area contributed by atoms with E-state index >= 15 is 0 Å². The van der Waals surface area contributed by atoms with E-state index in [4.69, 9.17) is 5.11 Å². The molecule has 20 heavy (non-hydrogen) atoms. The minimum absolute atomic E-state index is 0.0635. The summed E-state index contributed by atoms with van der Waals surface area (Å²) in [7, 11) is 0. The number of rotatable bonds is 4. The van der Waals surface area contributed by atoms with Gasteiger partial charge in [-0.2, -0.15) is 11.3 Å². The molecule has 1 aliphatic rings. The van der Waals surface area contributed by atoms with Gasteiger partial charge in [0.25, 0.3) is 0 Å². The van der Waals surface area contributed by atoms with Crippen LogP contribution in [-0.2, 0) is 11.2 Å². The lowest BCUT2D eigenvalue weighted by Gasteiger charge is -2.24. The standard InChI is InChI=1S/C13H18N2O4S/c1-8(4-9-2-3-20-7-9)14-13(19)15-6-10(16)5-11(15)12(17)18/h2-3,7-8,10-11,16H,4-6H2,1H3,(H,14,19)(H,17,18)/t8?,10-,11-/m1/s1. The van der Waals surface area contributed by atoms with Gasteiger partial charge in [0.2, 0.25) is 0 Å². The highest BCUT2D eigenvalue weighted by Crippen LogP contribution is 2.18. The van der Waals surface area contributed by atoms with Crippen LogP contribution in [-0.4, -0.2) is 51.8 Å². The second-order valence-electron chi connectivity index (χ2n) is 5.08. The first-order valence-electron chi connectivity index (χ1n) is 6.46. The van der Waals surface area contributed by atoms with E-state index in [1.807, 2.05) is 23.8 Å². The van der Waals surface area contributed by atoms with Gasteiger partial charge in [-0.25, -0.2) is 9.59 Å². The van der Waals surface area contributed by atoms with Crippen molar-refractivity contribution in [3.8, 4) is 0 Å². The highest BCUT2D eigenvalue weighted by Gasteiger charge is 2.39. The Kier molecular flexibility index (Phi) is 4.61. The lowest BCUT2D eigenvalue weighted by Crippen LogP contribution is -2.49. The monoisotopic (exact) mass is 298 g/mol. The SMILES string of the molecule is CC(Cc1ccsc1)NC(=O)N1C[C@H](O)C[C@@H]1C(=O)O. The Hall–Kier alpha value is -1.60. The van der Waals surface area contributed by atoms with Gasteiger partial charge in [0.1, 0.15) is 6.04 Å². The largest absolute Gasteiger partial charge is 0.480 e. The highest BCUT2D eigenvalue weighted by molar-refractivity contribution is 7.07. The molecule has 0 saturated carbocycles. The molecule has 1 saturated heterocycles. The first-order chi connectivity index (χ1) is 9.47. The van der Waals surface area contributed by atoms with Crippen molar-refractivity contribution in [1.29, 1.82) is 0 Å². The number of likely N-dealkylation sites (tertiary alicyclic amines) is 1. The molecule has 0 radical (unpaired) electrons. The van der Waals surface area contributed by atoms with Crippen LogP contribution in [0, 0.1) is 0 Å². The number of β-amino-alcohol motifs (C(OH)–C–C–N with tert-alkyl or cyclic N) is 1. The Morgan fingerprint density at radius 3 is 2.95 bits per heavy atom. The lowest BCUT2D eigenvalue weighted by molar-refractivity contribution is -0.141. The first kappa shape index (κ1) is 14.8. The molecule has 1 aliphatic heterocycles. The quantitative estimate of drug-likeness (QED) is 0.770. The van der Waals surface area contributed by atoms with E-state index in [1.54, 1.807) is 11.3 Å². The van der Waals surface area contributed by atoms with E-state index in [9.17, 15) is 14.7 Å². The lowest BCUT2D eigenvalue weighted by atomic mass is 10.1. The molecule has 3 atom stereocenters. The van der Waals surface area contributed by atoms with Crippen molar-refractivity contribution in [3.63, 3.8) is 0 Å². The average molecular weight is 298 g/mol. The number of carbonyl (C=O) groups excluding carboxylic acids is 1. The van der Waals surface area contributed by atoms with Crippen LogP contribution >= 0.6 is 11.3 Å². The third kappa shape index (κ3) is 3.49. The second kappa shape index (κ2) is 6.23. The van der Waals surface area contributed by atoms with E-state index in [2.05, 4.69) is 5.32 Å². The van der Waals surface area contributed by atoms with Gasteiger partial charge in [-0.05, 0) is 35.7 Å². The van der Waals surface area contributed by atoms with E-state index < -0.39 is 24.1 Å². The van der Waals surface area contributed by atoms with Crippen LogP contribution in [0.15, 0.2) is 16.8 Å². The molecule has 0 bridgehead atoms. The molecule has 0 spiro atoms.